The summed E-state index contributed by atoms with van der Waals surface area (Å²) in [5.74, 6) is 1.93. The van der Waals surface area contributed by atoms with Crippen LogP contribution in [0.5, 0.6) is 0 Å². The lowest BCUT2D eigenvalue weighted by Gasteiger charge is -1.93. The largest absolute Gasteiger partial charge is 0.370 e. The Hall–Kier alpha value is -0.490. The zero-order valence-electron chi connectivity index (χ0n) is 4.23. The maximum absolute atomic E-state index is 10.1. The average molecular weight is 176 g/mol. The molecule has 3 heteroatoms. The summed E-state index contributed by atoms with van der Waals surface area (Å²) in [6, 6.07) is 0. The number of hydrogen-bond acceptors (Lipinski definition) is 1. The molecule has 0 aromatic carbocycles. The molecule has 0 heterocycles. The molecule has 0 aromatic rings. The van der Waals surface area contributed by atoms with Crippen LogP contribution in [0.1, 0.15) is 6.42 Å². The zero-order valence-corrected chi connectivity index (χ0v) is 5.81. The summed E-state index contributed by atoms with van der Waals surface area (Å²) < 4.78 is 0. The predicted molar refractivity (Wildman–Crippen MR) is 35.4 cm³/mol. The third kappa shape index (κ3) is 3.69. The molecule has 8 heavy (non-hydrogen) atoms. The van der Waals surface area contributed by atoms with E-state index in [1.165, 1.54) is 0 Å². The van der Waals surface area contributed by atoms with E-state index in [1.807, 2.05) is 0 Å². The fourth-order valence-corrected chi connectivity index (χ4v) is 0.555. The molecule has 0 radical (unpaired) electrons. The van der Waals surface area contributed by atoms with E-state index in [4.69, 9.17) is 12.2 Å². The highest BCUT2D eigenvalue weighted by Crippen LogP contribution is 2.00. The number of terminal acetylenes is 1. The molecule has 44 valence electrons. The monoisotopic (exact) mass is 175 g/mol. The van der Waals surface area contributed by atoms with Crippen molar-refractivity contribution in [3.8, 4) is 12.3 Å². The summed E-state index contributed by atoms with van der Waals surface area (Å²) in [6.07, 6.45) is 5.12. The molecule has 0 rings (SSSR count). The first-order valence-electron chi connectivity index (χ1n) is 2.05. The first-order valence-corrected chi connectivity index (χ1v) is 2.97. The molecule has 0 fully saturated rings. The minimum absolute atomic E-state index is 0.205. The Morgan fingerprint density at radius 3 is 2.62 bits per heavy atom. The van der Waals surface area contributed by atoms with Gasteiger partial charge in [-0.2, -0.15) is 0 Å². The van der Waals surface area contributed by atoms with E-state index >= 15 is 0 Å². The third-order valence-corrected chi connectivity index (χ3v) is 1.15. The van der Waals surface area contributed by atoms with Crippen molar-refractivity contribution in [3.63, 3.8) is 0 Å². The second-order valence-corrected chi connectivity index (χ2v) is 2.41. The van der Waals surface area contributed by atoms with Crippen LogP contribution in [0.4, 0.5) is 0 Å². The quantitative estimate of drug-likeness (QED) is 0.475. The summed E-state index contributed by atoms with van der Waals surface area (Å²) in [7, 11) is 0. The van der Waals surface area contributed by atoms with E-state index < -0.39 is 0 Å². The SMILES string of the molecule is C#CC(Br)CC(N)=O. The summed E-state index contributed by atoms with van der Waals surface area (Å²) in [6.45, 7) is 0. The van der Waals surface area contributed by atoms with Gasteiger partial charge in [-0.3, -0.25) is 4.79 Å². The van der Waals surface area contributed by atoms with Gasteiger partial charge in [0, 0.05) is 6.42 Å². The number of carbonyl (C=O) groups is 1. The molecule has 2 N–H and O–H groups in total. The molecule has 0 aromatic heterocycles. The summed E-state index contributed by atoms with van der Waals surface area (Å²) in [5, 5.41) is 0. The highest BCUT2D eigenvalue weighted by molar-refractivity contribution is 9.09. The molecule has 0 spiro atoms. The second kappa shape index (κ2) is 3.50. The molecule has 1 unspecified atom stereocenters. The minimum Gasteiger partial charge on any atom is -0.370 e. The van der Waals surface area contributed by atoms with E-state index in [9.17, 15) is 4.79 Å². The van der Waals surface area contributed by atoms with Crippen molar-refractivity contribution < 1.29 is 4.79 Å². The van der Waals surface area contributed by atoms with Gasteiger partial charge in [0.05, 0.1) is 4.83 Å². The normalized spacial score (nSPS) is 12.0. The summed E-state index contributed by atoms with van der Waals surface area (Å²) >= 11 is 3.04. The van der Waals surface area contributed by atoms with Gasteiger partial charge in [0.25, 0.3) is 0 Å². The Morgan fingerprint density at radius 2 is 2.50 bits per heavy atom. The van der Waals surface area contributed by atoms with Gasteiger partial charge < -0.3 is 5.73 Å². The van der Waals surface area contributed by atoms with Crippen LogP contribution in [-0.4, -0.2) is 10.7 Å². The summed E-state index contributed by atoms with van der Waals surface area (Å²) in [4.78, 5) is 9.86. The molecule has 1 amide bonds. The van der Waals surface area contributed by atoms with Crippen molar-refractivity contribution in [3.05, 3.63) is 0 Å². The molecule has 0 saturated heterocycles. The average Bonchev–Trinajstić information content (AvgIpc) is 1.65. The molecule has 2 nitrogen and oxygen atoms in total. The maximum Gasteiger partial charge on any atom is 0.219 e. The second-order valence-electron chi connectivity index (χ2n) is 1.30. The van der Waals surface area contributed by atoms with Crippen LogP contribution in [-0.2, 0) is 4.79 Å². The molecule has 0 aliphatic carbocycles. The number of hydrogen-bond donors (Lipinski definition) is 1. The number of carbonyl (C=O) groups excluding carboxylic acids is 1. The predicted octanol–water partition coefficient (Wildman–Crippen LogP) is 0.259. The molecule has 0 aliphatic rings. The van der Waals surface area contributed by atoms with Gasteiger partial charge in [0.1, 0.15) is 0 Å². The Kier molecular flexibility index (Phi) is 3.29. The minimum atomic E-state index is -0.384. The zero-order chi connectivity index (χ0) is 6.57. The number of nitrogens with two attached hydrogens (primary N) is 1. The van der Waals surface area contributed by atoms with E-state index in [1.54, 1.807) is 0 Å². The molecule has 0 aliphatic heterocycles. The highest BCUT2D eigenvalue weighted by Gasteiger charge is 2.01. The molecular formula is C5H6BrNO. The van der Waals surface area contributed by atoms with Crippen molar-refractivity contribution in [2.24, 2.45) is 5.73 Å². The van der Waals surface area contributed by atoms with Crippen LogP contribution in [0.3, 0.4) is 0 Å². The van der Waals surface area contributed by atoms with Crippen molar-refractivity contribution in [1.82, 2.24) is 0 Å². The van der Waals surface area contributed by atoms with Crippen LogP contribution in [0, 0.1) is 12.3 Å². The smallest absolute Gasteiger partial charge is 0.219 e. The van der Waals surface area contributed by atoms with E-state index in [0.29, 0.717) is 0 Å². The van der Waals surface area contributed by atoms with Crippen LogP contribution < -0.4 is 5.73 Å². The van der Waals surface area contributed by atoms with Gasteiger partial charge >= 0.3 is 0 Å². The standard InChI is InChI=1S/C5H6BrNO/c1-2-4(6)3-5(7)8/h1,4H,3H2,(H2,7,8). The van der Waals surface area contributed by atoms with Gasteiger partial charge in [-0.1, -0.05) is 21.9 Å². The van der Waals surface area contributed by atoms with Crippen molar-refractivity contribution in [2.75, 3.05) is 0 Å². The van der Waals surface area contributed by atoms with Crippen molar-refractivity contribution in [2.45, 2.75) is 11.2 Å². The first-order chi connectivity index (χ1) is 3.66. The number of halogens is 1. The number of rotatable bonds is 2. The Balaban J connectivity index is 3.43. The number of alkyl halides is 1. The van der Waals surface area contributed by atoms with Crippen LogP contribution in [0.15, 0.2) is 0 Å². The van der Waals surface area contributed by atoms with Crippen LogP contribution in [0.2, 0.25) is 0 Å². The molecule has 1 atom stereocenters. The fourth-order valence-electron chi connectivity index (χ4n) is 0.236. The maximum atomic E-state index is 10.1. The van der Waals surface area contributed by atoms with E-state index in [-0.39, 0.29) is 17.2 Å². The fraction of sp³-hybridized carbons (Fsp3) is 0.400. The van der Waals surface area contributed by atoms with Gasteiger partial charge in [-0.25, -0.2) is 0 Å². The molecule has 0 bridgehead atoms. The first kappa shape index (κ1) is 7.51. The van der Waals surface area contributed by atoms with E-state index in [0.717, 1.165) is 0 Å². The topological polar surface area (TPSA) is 43.1 Å². The number of primary amides is 1. The number of amides is 1. The van der Waals surface area contributed by atoms with Crippen LogP contribution >= 0.6 is 15.9 Å². The van der Waals surface area contributed by atoms with Crippen molar-refractivity contribution >= 4 is 21.8 Å². The van der Waals surface area contributed by atoms with Crippen molar-refractivity contribution in [1.29, 1.82) is 0 Å². The van der Waals surface area contributed by atoms with E-state index in [2.05, 4.69) is 21.9 Å². The molecular weight excluding hydrogens is 170 g/mol. The Labute approximate surface area is 56.6 Å². The lowest BCUT2D eigenvalue weighted by molar-refractivity contribution is -0.117. The molecule has 0 saturated carbocycles. The summed E-state index contributed by atoms with van der Waals surface area (Å²) in [5.41, 5.74) is 4.80. The highest BCUT2D eigenvalue weighted by atomic mass is 79.9. The van der Waals surface area contributed by atoms with Gasteiger partial charge in [0.2, 0.25) is 5.91 Å². The van der Waals surface area contributed by atoms with Gasteiger partial charge in [-0.05, 0) is 0 Å². The third-order valence-electron chi connectivity index (χ3n) is 0.561. The lowest BCUT2D eigenvalue weighted by Crippen LogP contribution is -2.14. The Bertz CT molecular complexity index is 127. The van der Waals surface area contributed by atoms with Crippen LogP contribution in [0.25, 0.3) is 0 Å². The van der Waals surface area contributed by atoms with Gasteiger partial charge in [0.15, 0.2) is 0 Å². The Morgan fingerprint density at radius 1 is 2.00 bits per heavy atom. The van der Waals surface area contributed by atoms with Gasteiger partial charge in [-0.15, -0.1) is 6.42 Å². The lowest BCUT2D eigenvalue weighted by atomic mass is 10.3.